The molecule has 0 spiro atoms. The zero-order chi connectivity index (χ0) is 23.4. The van der Waals surface area contributed by atoms with E-state index in [4.69, 9.17) is 4.98 Å². The van der Waals surface area contributed by atoms with Crippen molar-refractivity contribution in [3.63, 3.8) is 0 Å². The molecule has 11 heteroatoms. The number of imidazole rings is 2. The van der Waals surface area contributed by atoms with Crippen LogP contribution in [0.1, 0.15) is 61.7 Å². The van der Waals surface area contributed by atoms with E-state index in [0.29, 0.717) is 36.5 Å². The summed E-state index contributed by atoms with van der Waals surface area (Å²) in [7, 11) is 0. The number of alkyl halides is 2. The highest BCUT2D eigenvalue weighted by atomic mass is 19.3. The van der Waals surface area contributed by atoms with E-state index in [2.05, 4.69) is 30.2 Å². The van der Waals surface area contributed by atoms with E-state index in [1.165, 1.54) is 6.33 Å². The van der Waals surface area contributed by atoms with Crippen LogP contribution in [0.3, 0.4) is 0 Å². The average molecular weight is 466 g/mol. The normalized spacial score (nSPS) is 18.0. The van der Waals surface area contributed by atoms with Crippen LogP contribution in [0.5, 0.6) is 0 Å². The highest BCUT2D eigenvalue weighted by Gasteiger charge is 2.36. The lowest BCUT2D eigenvalue weighted by molar-refractivity contribution is 0.135. The van der Waals surface area contributed by atoms with E-state index in [1.54, 1.807) is 17.0 Å². The minimum absolute atomic E-state index is 0.0447. The van der Waals surface area contributed by atoms with E-state index in [-0.39, 0.29) is 17.9 Å². The van der Waals surface area contributed by atoms with Crippen LogP contribution in [0.2, 0.25) is 0 Å². The van der Waals surface area contributed by atoms with Gasteiger partial charge in [0.05, 0.1) is 11.3 Å². The first-order chi connectivity index (χ1) is 16.5. The van der Waals surface area contributed by atoms with Gasteiger partial charge in [-0.1, -0.05) is 0 Å². The van der Waals surface area contributed by atoms with Gasteiger partial charge in [-0.2, -0.15) is 0 Å². The fourth-order valence-electron chi connectivity index (χ4n) is 4.88. The van der Waals surface area contributed by atoms with Gasteiger partial charge in [0.1, 0.15) is 18.0 Å². The third-order valence-electron chi connectivity index (χ3n) is 6.63. The van der Waals surface area contributed by atoms with Crippen molar-refractivity contribution in [3.05, 3.63) is 41.8 Å². The molecule has 2 aliphatic carbocycles. The SMILES string of the molecule is CCn1c(-c2cnc(C)nc2)nc2c(N[C@@H]3CCc4nc(C(F)F)n(C5CC5)c4C3)ncnc21. The molecular formula is C23H25F2N9. The summed E-state index contributed by atoms with van der Waals surface area (Å²) in [6.45, 7) is 4.56. The van der Waals surface area contributed by atoms with Crippen molar-refractivity contribution in [1.82, 2.24) is 39.0 Å². The highest BCUT2D eigenvalue weighted by molar-refractivity contribution is 5.86. The number of aromatic nitrogens is 8. The van der Waals surface area contributed by atoms with Crippen LogP contribution in [0.25, 0.3) is 22.6 Å². The van der Waals surface area contributed by atoms with Gasteiger partial charge in [0.15, 0.2) is 22.8 Å². The van der Waals surface area contributed by atoms with Crippen LogP contribution >= 0.6 is 0 Å². The summed E-state index contributed by atoms with van der Waals surface area (Å²) < 4.78 is 31.1. The maximum atomic E-state index is 13.6. The predicted octanol–water partition coefficient (Wildman–Crippen LogP) is 4.05. The molecule has 1 N–H and O–H groups in total. The third-order valence-corrected chi connectivity index (χ3v) is 6.63. The van der Waals surface area contributed by atoms with Crippen LogP contribution in [0, 0.1) is 6.92 Å². The number of nitrogens with one attached hydrogen (secondary N) is 1. The number of fused-ring (bicyclic) bond motifs is 2. The number of nitrogens with zero attached hydrogens (tertiary/aromatic N) is 8. The fraction of sp³-hybridized carbons (Fsp3) is 0.478. The van der Waals surface area contributed by atoms with Crippen molar-refractivity contribution in [2.24, 2.45) is 0 Å². The average Bonchev–Trinajstić information content (AvgIpc) is 3.48. The van der Waals surface area contributed by atoms with Crippen molar-refractivity contribution in [3.8, 4) is 11.4 Å². The lowest BCUT2D eigenvalue weighted by Crippen LogP contribution is -2.29. The number of hydrogen-bond donors (Lipinski definition) is 1. The Morgan fingerprint density at radius 1 is 1.09 bits per heavy atom. The molecule has 4 aromatic rings. The zero-order valence-corrected chi connectivity index (χ0v) is 19.0. The van der Waals surface area contributed by atoms with Gasteiger partial charge in [0.25, 0.3) is 6.43 Å². The molecule has 1 atom stereocenters. The molecule has 6 rings (SSSR count). The Labute approximate surface area is 194 Å². The van der Waals surface area contributed by atoms with Crippen LogP contribution in [-0.2, 0) is 19.4 Å². The summed E-state index contributed by atoms with van der Waals surface area (Å²) in [6, 6.07) is 0.201. The maximum absolute atomic E-state index is 13.6. The largest absolute Gasteiger partial charge is 0.365 e. The summed E-state index contributed by atoms with van der Waals surface area (Å²) in [6.07, 6.45) is 6.46. The summed E-state index contributed by atoms with van der Waals surface area (Å²) in [5.74, 6) is 2.00. The molecule has 0 bridgehead atoms. The molecule has 0 saturated heterocycles. The second-order valence-corrected chi connectivity index (χ2v) is 8.94. The Bertz CT molecular complexity index is 1360. The first kappa shape index (κ1) is 21.1. The Hall–Kier alpha value is -3.50. The monoisotopic (exact) mass is 465 g/mol. The van der Waals surface area contributed by atoms with Gasteiger partial charge in [-0.3, -0.25) is 0 Å². The summed E-state index contributed by atoms with van der Waals surface area (Å²) >= 11 is 0. The van der Waals surface area contributed by atoms with E-state index in [0.717, 1.165) is 47.7 Å². The number of hydrogen-bond acceptors (Lipinski definition) is 7. The quantitative estimate of drug-likeness (QED) is 0.459. The molecule has 0 amide bonds. The Kier molecular flexibility index (Phi) is 5.00. The van der Waals surface area contributed by atoms with Gasteiger partial charge in [-0.05, 0) is 39.5 Å². The second kappa shape index (κ2) is 8.07. The lowest BCUT2D eigenvalue weighted by Gasteiger charge is -2.25. The zero-order valence-electron chi connectivity index (χ0n) is 19.0. The van der Waals surface area contributed by atoms with E-state index in [1.807, 2.05) is 18.4 Å². The van der Waals surface area contributed by atoms with Gasteiger partial charge in [-0.15, -0.1) is 0 Å². The van der Waals surface area contributed by atoms with Gasteiger partial charge in [0, 0.05) is 43.1 Å². The summed E-state index contributed by atoms with van der Waals surface area (Å²) in [5.41, 5.74) is 3.96. The van der Waals surface area contributed by atoms with Crippen LogP contribution in [0.15, 0.2) is 18.7 Å². The molecule has 34 heavy (non-hydrogen) atoms. The minimum Gasteiger partial charge on any atom is -0.365 e. The van der Waals surface area contributed by atoms with E-state index < -0.39 is 6.43 Å². The van der Waals surface area contributed by atoms with Crippen molar-refractivity contribution >= 4 is 17.0 Å². The van der Waals surface area contributed by atoms with Crippen LogP contribution < -0.4 is 5.32 Å². The molecule has 4 aromatic heterocycles. The molecular weight excluding hydrogens is 440 g/mol. The minimum atomic E-state index is -2.55. The highest BCUT2D eigenvalue weighted by Crippen LogP contribution is 2.41. The van der Waals surface area contributed by atoms with Crippen LogP contribution in [0.4, 0.5) is 14.6 Å². The maximum Gasteiger partial charge on any atom is 0.295 e. The van der Waals surface area contributed by atoms with Crippen molar-refractivity contribution < 1.29 is 8.78 Å². The van der Waals surface area contributed by atoms with Gasteiger partial charge in [0.2, 0.25) is 0 Å². The van der Waals surface area contributed by atoms with Crippen molar-refractivity contribution in [2.75, 3.05) is 5.32 Å². The molecule has 0 aliphatic heterocycles. The first-order valence-corrected chi connectivity index (χ1v) is 11.7. The van der Waals surface area contributed by atoms with Crippen molar-refractivity contribution in [2.45, 2.75) is 71.0 Å². The molecule has 9 nitrogen and oxygen atoms in total. The molecule has 0 radical (unpaired) electrons. The Morgan fingerprint density at radius 3 is 2.59 bits per heavy atom. The lowest BCUT2D eigenvalue weighted by atomic mass is 9.95. The Morgan fingerprint density at radius 2 is 1.88 bits per heavy atom. The molecule has 176 valence electrons. The van der Waals surface area contributed by atoms with Gasteiger partial charge in [-0.25, -0.2) is 38.7 Å². The van der Waals surface area contributed by atoms with E-state index in [9.17, 15) is 8.78 Å². The molecule has 1 fully saturated rings. The summed E-state index contributed by atoms with van der Waals surface area (Å²) in [4.78, 5) is 26.7. The fourth-order valence-corrected chi connectivity index (χ4v) is 4.88. The standard InChI is InChI=1S/C23H25F2N9/c1-3-33-21(13-9-26-12(2)27-10-13)32-18-20(28-11-29-22(18)33)30-14-4-7-16-17(8-14)34(15-5-6-15)23(31-16)19(24)25/h9-11,14-15,19H,3-8H2,1-2H3,(H,28,29,30)/t14-/m1/s1. The number of rotatable bonds is 6. The van der Waals surface area contributed by atoms with Crippen molar-refractivity contribution in [1.29, 1.82) is 0 Å². The molecule has 1 saturated carbocycles. The Balaban J connectivity index is 1.34. The number of aryl methyl sites for hydroxylation is 3. The number of halogens is 2. The predicted molar refractivity (Wildman–Crippen MR) is 122 cm³/mol. The third kappa shape index (κ3) is 3.50. The smallest absolute Gasteiger partial charge is 0.295 e. The molecule has 4 heterocycles. The first-order valence-electron chi connectivity index (χ1n) is 11.7. The summed E-state index contributed by atoms with van der Waals surface area (Å²) in [5, 5.41) is 3.53. The number of anilines is 1. The van der Waals surface area contributed by atoms with Gasteiger partial charge < -0.3 is 14.5 Å². The second-order valence-electron chi connectivity index (χ2n) is 8.94. The molecule has 2 aliphatic rings. The van der Waals surface area contributed by atoms with E-state index >= 15 is 0 Å². The molecule has 0 unspecified atom stereocenters. The molecule has 0 aromatic carbocycles. The van der Waals surface area contributed by atoms with Gasteiger partial charge >= 0.3 is 0 Å². The van der Waals surface area contributed by atoms with Crippen LogP contribution in [-0.4, -0.2) is 45.1 Å². The topological polar surface area (TPSA) is 99.2 Å².